The molecule has 3 heterocycles. The van der Waals surface area contributed by atoms with Gasteiger partial charge in [0.25, 0.3) is 0 Å². The highest BCUT2D eigenvalue weighted by Crippen LogP contribution is 2.22. The lowest BCUT2D eigenvalue weighted by Gasteiger charge is -2.31. The molecule has 0 saturated carbocycles. The van der Waals surface area contributed by atoms with Crippen molar-refractivity contribution in [1.82, 2.24) is 19.9 Å². The number of halogens is 1. The number of benzene rings is 1. The summed E-state index contributed by atoms with van der Waals surface area (Å²) in [5, 5.41) is 5.84. The molecule has 0 atom stereocenters. The van der Waals surface area contributed by atoms with Crippen LogP contribution < -0.4 is 10.6 Å². The number of piperidine rings is 1. The van der Waals surface area contributed by atoms with Crippen LogP contribution >= 0.6 is 0 Å². The van der Waals surface area contributed by atoms with Gasteiger partial charge in [-0.05, 0) is 62.5 Å². The van der Waals surface area contributed by atoms with Crippen molar-refractivity contribution in [2.75, 3.05) is 30.3 Å². The van der Waals surface area contributed by atoms with Gasteiger partial charge in [-0.3, -0.25) is 9.69 Å². The minimum Gasteiger partial charge on any atom is -0.325 e. The quantitative estimate of drug-likeness (QED) is 0.607. The normalized spacial score (nSPS) is 14.9. The smallest absolute Gasteiger partial charge is 0.238 e. The van der Waals surface area contributed by atoms with Gasteiger partial charge in [-0.2, -0.15) is 0 Å². The van der Waals surface area contributed by atoms with Gasteiger partial charge in [-0.25, -0.2) is 19.3 Å². The minimum absolute atomic E-state index is 0.190. The number of nitrogens with one attached hydrogen (secondary N) is 2. The zero-order chi connectivity index (χ0) is 21.5. The zero-order valence-electron chi connectivity index (χ0n) is 17.2. The van der Waals surface area contributed by atoms with E-state index in [-0.39, 0.29) is 18.1 Å². The number of rotatable bonds is 7. The Kier molecular flexibility index (Phi) is 6.78. The van der Waals surface area contributed by atoms with Gasteiger partial charge in [0.1, 0.15) is 23.8 Å². The minimum atomic E-state index is -0.420. The molecule has 0 spiro atoms. The van der Waals surface area contributed by atoms with E-state index in [1.54, 1.807) is 30.7 Å². The first-order valence-electron chi connectivity index (χ1n) is 10.4. The van der Waals surface area contributed by atoms with Crippen molar-refractivity contribution in [3.8, 4) is 0 Å². The summed E-state index contributed by atoms with van der Waals surface area (Å²) in [5.41, 5.74) is 1.21. The van der Waals surface area contributed by atoms with Crippen molar-refractivity contribution < 1.29 is 9.18 Å². The molecule has 8 heteroatoms. The van der Waals surface area contributed by atoms with E-state index in [1.165, 1.54) is 6.07 Å². The first kappa shape index (κ1) is 20.9. The third kappa shape index (κ3) is 6.05. The Balaban J connectivity index is 1.24. The summed E-state index contributed by atoms with van der Waals surface area (Å²) >= 11 is 0. The molecule has 2 aromatic heterocycles. The van der Waals surface area contributed by atoms with Gasteiger partial charge in [0.15, 0.2) is 0 Å². The number of carbonyl (C=O) groups excluding carboxylic acids is 1. The highest BCUT2D eigenvalue weighted by Gasteiger charge is 2.22. The Hall–Kier alpha value is -3.39. The number of para-hydroxylation sites is 1. The van der Waals surface area contributed by atoms with Gasteiger partial charge in [0.2, 0.25) is 5.91 Å². The van der Waals surface area contributed by atoms with Crippen molar-refractivity contribution in [3.63, 3.8) is 0 Å². The maximum absolute atomic E-state index is 13.7. The van der Waals surface area contributed by atoms with E-state index in [4.69, 9.17) is 0 Å². The lowest BCUT2D eigenvalue weighted by atomic mass is 9.92. The van der Waals surface area contributed by atoms with E-state index < -0.39 is 5.82 Å². The SMILES string of the molecule is O=C(CN1CCC(Cc2cc(Nc3ccccn3)ncn2)CC1)Nc1ccccc1F. The van der Waals surface area contributed by atoms with Crippen molar-refractivity contribution >= 4 is 23.2 Å². The molecule has 0 bridgehead atoms. The Labute approximate surface area is 180 Å². The fourth-order valence-corrected chi connectivity index (χ4v) is 3.75. The molecular weight excluding hydrogens is 395 g/mol. The highest BCUT2D eigenvalue weighted by molar-refractivity contribution is 5.92. The summed E-state index contributed by atoms with van der Waals surface area (Å²) in [7, 11) is 0. The van der Waals surface area contributed by atoms with E-state index in [1.807, 2.05) is 24.3 Å². The zero-order valence-corrected chi connectivity index (χ0v) is 17.2. The fourth-order valence-electron chi connectivity index (χ4n) is 3.75. The second-order valence-corrected chi connectivity index (χ2v) is 7.69. The molecule has 160 valence electrons. The van der Waals surface area contributed by atoms with Crippen LogP contribution in [0.4, 0.5) is 21.7 Å². The van der Waals surface area contributed by atoms with E-state index in [0.29, 0.717) is 5.92 Å². The van der Waals surface area contributed by atoms with Crippen LogP contribution in [-0.2, 0) is 11.2 Å². The molecule has 0 radical (unpaired) electrons. The monoisotopic (exact) mass is 420 g/mol. The van der Waals surface area contributed by atoms with Crippen molar-refractivity contribution in [2.45, 2.75) is 19.3 Å². The largest absolute Gasteiger partial charge is 0.325 e. The highest BCUT2D eigenvalue weighted by atomic mass is 19.1. The Morgan fingerprint density at radius 3 is 2.61 bits per heavy atom. The Bertz CT molecular complexity index is 1010. The molecular formula is C23H25FN6O. The maximum Gasteiger partial charge on any atom is 0.238 e. The van der Waals surface area contributed by atoms with Gasteiger partial charge in [-0.15, -0.1) is 0 Å². The fraction of sp³-hybridized carbons (Fsp3) is 0.304. The standard InChI is InChI=1S/C23H25FN6O/c24-19-5-1-2-6-20(19)28-23(31)15-30-11-8-17(9-12-30)13-18-14-22(27-16-26-18)29-21-7-3-4-10-25-21/h1-7,10,14,16-17H,8-9,11-13,15H2,(H,28,31)(H,25,26,27,29). The number of anilines is 3. The second-order valence-electron chi connectivity index (χ2n) is 7.69. The summed E-state index contributed by atoms with van der Waals surface area (Å²) in [6, 6.07) is 13.8. The van der Waals surface area contributed by atoms with E-state index in [9.17, 15) is 9.18 Å². The molecule has 1 aliphatic rings. The first-order valence-corrected chi connectivity index (χ1v) is 10.4. The molecule has 2 N–H and O–H groups in total. The molecule has 4 rings (SSSR count). The summed E-state index contributed by atoms with van der Waals surface area (Å²) < 4.78 is 13.7. The second kappa shape index (κ2) is 10.1. The molecule has 1 amide bonds. The van der Waals surface area contributed by atoms with Gasteiger partial charge >= 0.3 is 0 Å². The Morgan fingerprint density at radius 1 is 1.03 bits per heavy atom. The molecule has 3 aromatic rings. The molecule has 1 aromatic carbocycles. The number of likely N-dealkylation sites (tertiary alicyclic amines) is 1. The number of amides is 1. The van der Waals surface area contributed by atoms with Gasteiger partial charge in [0.05, 0.1) is 12.2 Å². The molecule has 7 nitrogen and oxygen atoms in total. The van der Waals surface area contributed by atoms with Crippen LogP contribution in [0.15, 0.2) is 61.1 Å². The predicted octanol–water partition coefficient (Wildman–Crippen LogP) is 3.65. The van der Waals surface area contributed by atoms with E-state index >= 15 is 0 Å². The molecule has 1 aliphatic heterocycles. The lowest BCUT2D eigenvalue weighted by molar-refractivity contribution is -0.117. The van der Waals surface area contributed by atoms with Gasteiger partial charge in [-0.1, -0.05) is 18.2 Å². The van der Waals surface area contributed by atoms with Crippen LogP contribution in [0.5, 0.6) is 0 Å². The number of carbonyl (C=O) groups is 1. The average molecular weight is 420 g/mol. The molecule has 0 aliphatic carbocycles. The lowest BCUT2D eigenvalue weighted by Crippen LogP contribution is -2.39. The third-order valence-corrected chi connectivity index (χ3v) is 5.36. The van der Waals surface area contributed by atoms with Crippen LogP contribution in [0, 0.1) is 11.7 Å². The summed E-state index contributed by atoms with van der Waals surface area (Å²) in [6.45, 7) is 1.94. The molecule has 1 fully saturated rings. The Morgan fingerprint density at radius 2 is 1.84 bits per heavy atom. The summed E-state index contributed by atoms with van der Waals surface area (Å²) in [5.74, 6) is 1.37. The number of nitrogens with zero attached hydrogens (tertiary/aromatic N) is 4. The molecule has 1 saturated heterocycles. The predicted molar refractivity (Wildman–Crippen MR) is 117 cm³/mol. The topological polar surface area (TPSA) is 83.0 Å². The van der Waals surface area contributed by atoms with Crippen LogP contribution in [0.1, 0.15) is 18.5 Å². The van der Waals surface area contributed by atoms with Gasteiger partial charge < -0.3 is 10.6 Å². The third-order valence-electron chi connectivity index (χ3n) is 5.36. The van der Waals surface area contributed by atoms with E-state index in [2.05, 4.69) is 30.5 Å². The number of pyridine rings is 1. The van der Waals surface area contributed by atoms with Crippen LogP contribution in [0.25, 0.3) is 0 Å². The number of aromatic nitrogens is 3. The van der Waals surface area contributed by atoms with Crippen LogP contribution in [0.3, 0.4) is 0 Å². The van der Waals surface area contributed by atoms with E-state index in [0.717, 1.165) is 49.7 Å². The molecule has 31 heavy (non-hydrogen) atoms. The van der Waals surface area contributed by atoms with Gasteiger partial charge in [0, 0.05) is 18.0 Å². The number of hydrogen-bond donors (Lipinski definition) is 2. The maximum atomic E-state index is 13.7. The summed E-state index contributed by atoms with van der Waals surface area (Å²) in [6.07, 6.45) is 6.15. The average Bonchev–Trinajstić information content (AvgIpc) is 2.78. The summed E-state index contributed by atoms with van der Waals surface area (Å²) in [4.78, 5) is 27.3. The first-order chi connectivity index (χ1) is 15.2. The number of hydrogen-bond acceptors (Lipinski definition) is 6. The van der Waals surface area contributed by atoms with Crippen LogP contribution in [-0.4, -0.2) is 45.4 Å². The van der Waals surface area contributed by atoms with Crippen molar-refractivity contribution in [3.05, 3.63) is 72.6 Å². The van der Waals surface area contributed by atoms with Crippen molar-refractivity contribution in [2.24, 2.45) is 5.92 Å². The van der Waals surface area contributed by atoms with Crippen LogP contribution in [0.2, 0.25) is 0 Å². The van der Waals surface area contributed by atoms with Crippen molar-refractivity contribution in [1.29, 1.82) is 0 Å². The molecule has 0 unspecified atom stereocenters.